The third-order valence-electron chi connectivity index (χ3n) is 3.29. The number of aliphatic hydroxyl groups is 1. The van der Waals surface area contributed by atoms with Crippen LogP contribution >= 0.6 is 0 Å². The second kappa shape index (κ2) is 5.26. The van der Waals surface area contributed by atoms with Crippen LogP contribution in [0.5, 0.6) is 0 Å². The van der Waals surface area contributed by atoms with Gasteiger partial charge in [0.05, 0.1) is 11.0 Å². The number of hydrogen-bond donors (Lipinski definition) is 3. The first-order valence-electron chi connectivity index (χ1n) is 6.00. The minimum Gasteiger partial charge on any atom is -0.393 e. The van der Waals surface area contributed by atoms with Gasteiger partial charge < -0.3 is 10.4 Å². The second-order valence-corrected chi connectivity index (χ2v) is 6.34. The van der Waals surface area contributed by atoms with Crippen molar-refractivity contribution in [1.29, 1.82) is 0 Å². The Hall–Kier alpha value is -1.11. The molecule has 1 aromatic rings. The number of hydrogen-bond acceptors (Lipinski definition) is 4. The molecular weight excluding hydrogens is 252 g/mol. The van der Waals surface area contributed by atoms with E-state index in [-0.39, 0.29) is 11.0 Å². The molecule has 2 atom stereocenters. The van der Waals surface area contributed by atoms with Gasteiger partial charge in [-0.25, -0.2) is 13.6 Å². The average molecular weight is 270 g/mol. The minimum atomic E-state index is -3.62. The van der Waals surface area contributed by atoms with E-state index in [4.69, 9.17) is 5.14 Å². The summed E-state index contributed by atoms with van der Waals surface area (Å²) in [4.78, 5) is 0.115. The molecule has 1 saturated carbocycles. The van der Waals surface area contributed by atoms with Crippen LogP contribution in [0.4, 0.5) is 5.69 Å². The topological polar surface area (TPSA) is 92.4 Å². The molecule has 1 aromatic carbocycles. The summed E-state index contributed by atoms with van der Waals surface area (Å²) in [6, 6.07) is 6.37. The van der Waals surface area contributed by atoms with Crippen LogP contribution in [-0.2, 0) is 10.0 Å². The molecule has 0 heterocycles. The molecule has 1 aliphatic carbocycles. The summed E-state index contributed by atoms with van der Waals surface area (Å²) in [7, 11) is -3.62. The Morgan fingerprint density at radius 3 is 2.44 bits per heavy atom. The van der Waals surface area contributed by atoms with Gasteiger partial charge in [0.1, 0.15) is 0 Å². The molecule has 100 valence electrons. The van der Waals surface area contributed by atoms with Crippen LogP contribution in [0, 0.1) is 5.92 Å². The maximum Gasteiger partial charge on any atom is 0.238 e. The normalized spacial score (nSPS) is 24.1. The van der Waals surface area contributed by atoms with Crippen molar-refractivity contribution < 1.29 is 13.5 Å². The number of benzene rings is 1. The fraction of sp³-hybridized carbons (Fsp3) is 0.500. The first-order chi connectivity index (χ1) is 8.45. The van der Waals surface area contributed by atoms with Gasteiger partial charge in [-0.15, -0.1) is 0 Å². The van der Waals surface area contributed by atoms with Gasteiger partial charge >= 0.3 is 0 Å². The number of nitrogens with one attached hydrogen (secondary N) is 1. The number of rotatable bonds is 4. The number of sulfonamides is 1. The monoisotopic (exact) mass is 270 g/mol. The molecule has 0 saturated heterocycles. The third kappa shape index (κ3) is 3.44. The number of primary sulfonamides is 1. The summed E-state index contributed by atoms with van der Waals surface area (Å²) in [5, 5.41) is 17.7. The van der Waals surface area contributed by atoms with Crippen molar-refractivity contribution in [2.75, 3.05) is 11.9 Å². The van der Waals surface area contributed by atoms with E-state index >= 15 is 0 Å². The Morgan fingerprint density at radius 1 is 1.28 bits per heavy atom. The Kier molecular flexibility index (Phi) is 3.89. The molecule has 0 radical (unpaired) electrons. The maximum atomic E-state index is 11.1. The van der Waals surface area contributed by atoms with Crippen molar-refractivity contribution in [3.05, 3.63) is 24.3 Å². The third-order valence-corrected chi connectivity index (χ3v) is 4.22. The maximum absolute atomic E-state index is 11.1. The zero-order valence-electron chi connectivity index (χ0n) is 10.0. The molecule has 0 spiro atoms. The zero-order chi connectivity index (χ0) is 13.2. The minimum absolute atomic E-state index is 0.115. The SMILES string of the molecule is NS(=O)(=O)c1ccc(NCC2CCC(O)C2)cc1. The van der Waals surface area contributed by atoms with Crippen molar-refractivity contribution in [3.63, 3.8) is 0 Å². The summed E-state index contributed by atoms with van der Waals surface area (Å²) in [6.07, 6.45) is 2.57. The Bertz CT molecular complexity index is 499. The molecule has 2 unspecified atom stereocenters. The highest BCUT2D eigenvalue weighted by molar-refractivity contribution is 7.89. The summed E-state index contributed by atoms with van der Waals surface area (Å²) >= 11 is 0. The van der Waals surface area contributed by atoms with E-state index < -0.39 is 10.0 Å². The van der Waals surface area contributed by atoms with E-state index in [0.717, 1.165) is 31.5 Å². The number of anilines is 1. The molecule has 0 aromatic heterocycles. The van der Waals surface area contributed by atoms with Crippen molar-refractivity contribution >= 4 is 15.7 Å². The highest BCUT2D eigenvalue weighted by atomic mass is 32.2. The predicted octanol–water partition coefficient (Wildman–Crippen LogP) is 0.907. The lowest BCUT2D eigenvalue weighted by molar-refractivity contribution is 0.178. The van der Waals surface area contributed by atoms with Gasteiger partial charge in [-0.1, -0.05) is 0 Å². The molecule has 0 amide bonds. The van der Waals surface area contributed by atoms with Crippen molar-refractivity contribution in [2.24, 2.45) is 11.1 Å². The van der Waals surface area contributed by atoms with E-state index in [1.807, 2.05) is 0 Å². The zero-order valence-corrected chi connectivity index (χ0v) is 10.9. The van der Waals surface area contributed by atoms with E-state index in [2.05, 4.69) is 5.32 Å². The van der Waals surface area contributed by atoms with Gasteiger partial charge in [0.25, 0.3) is 0 Å². The van der Waals surface area contributed by atoms with Gasteiger partial charge in [-0.05, 0) is 49.4 Å². The Labute approximate surface area is 107 Å². The molecular formula is C12H18N2O3S. The van der Waals surface area contributed by atoms with Gasteiger partial charge in [-0.2, -0.15) is 0 Å². The first kappa shape index (κ1) is 13.3. The molecule has 6 heteroatoms. The molecule has 2 rings (SSSR count). The Morgan fingerprint density at radius 2 is 1.94 bits per heavy atom. The second-order valence-electron chi connectivity index (χ2n) is 4.78. The summed E-state index contributed by atoms with van der Waals surface area (Å²) in [6.45, 7) is 0.797. The molecule has 0 aliphatic heterocycles. The summed E-state index contributed by atoms with van der Waals surface area (Å²) in [5.41, 5.74) is 0.865. The molecule has 1 fully saturated rings. The van der Waals surface area contributed by atoms with Crippen LogP contribution in [0.15, 0.2) is 29.2 Å². The van der Waals surface area contributed by atoms with Gasteiger partial charge in [0.15, 0.2) is 0 Å². The fourth-order valence-electron chi connectivity index (χ4n) is 2.26. The highest BCUT2D eigenvalue weighted by Crippen LogP contribution is 2.25. The molecule has 1 aliphatic rings. The predicted molar refractivity (Wildman–Crippen MR) is 69.7 cm³/mol. The van der Waals surface area contributed by atoms with Gasteiger partial charge in [0.2, 0.25) is 10.0 Å². The van der Waals surface area contributed by atoms with Crippen molar-refractivity contribution in [3.8, 4) is 0 Å². The number of aliphatic hydroxyl groups excluding tert-OH is 1. The average Bonchev–Trinajstić information content (AvgIpc) is 2.72. The molecule has 18 heavy (non-hydrogen) atoms. The van der Waals surface area contributed by atoms with Crippen molar-refractivity contribution in [1.82, 2.24) is 0 Å². The van der Waals surface area contributed by atoms with E-state index in [1.54, 1.807) is 12.1 Å². The highest BCUT2D eigenvalue weighted by Gasteiger charge is 2.22. The Balaban J connectivity index is 1.91. The largest absolute Gasteiger partial charge is 0.393 e. The van der Waals surface area contributed by atoms with Gasteiger partial charge in [-0.3, -0.25) is 0 Å². The van der Waals surface area contributed by atoms with Crippen LogP contribution < -0.4 is 10.5 Å². The quantitative estimate of drug-likeness (QED) is 0.758. The lowest BCUT2D eigenvalue weighted by Gasteiger charge is -2.12. The fourth-order valence-corrected chi connectivity index (χ4v) is 2.77. The lowest BCUT2D eigenvalue weighted by atomic mass is 10.1. The van der Waals surface area contributed by atoms with Crippen LogP contribution in [0.2, 0.25) is 0 Å². The van der Waals surface area contributed by atoms with Crippen LogP contribution in [0.3, 0.4) is 0 Å². The smallest absolute Gasteiger partial charge is 0.238 e. The van der Waals surface area contributed by atoms with E-state index in [9.17, 15) is 13.5 Å². The molecule has 5 nitrogen and oxygen atoms in total. The molecule has 4 N–H and O–H groups in total. The number of nitrogens with two attached hydrogens (primary N) is 1. The summed E-state index contributed by atoms with van der Waals surface area (Å²) in [5.74, 6) is 0.484. The lowest BCUT2D eigenvalue weighted by Crippen LogP contribution is -2.14. The van der Waals surface area contributed by atoms with E-state index in [0.29, 0.717) is 5.92 Å². The van der Waals surface area contributed by atoms with Crippen LogP contribution in [-0.4, -0.2) is 26.2 Å². The van der Waals surface area contributed by atoms with E-state index in [1.165, 1.54) is 12.1 Å². The first-order valence-corrected chi connectivity index (χ1v) is 7.54. The summed E-state index contributed by atoms with van der Waals surface area (Å²) < 4.78 is 22.2. The van der Waals surface area contributed by atoms with Gasteiger partial charge in [0, 0.05) is 12.2 Å². The molecule has 0 bridgehead atoms. The van der Waals surface area contributed by atoms with Crippen LogP contribution in [0.1, 0.15) is 19.3 Å². The van der Waals surface area contributed by atoms with Crippen molar-refractivity contribution in [2.45, 2.75) is 30.3 Å². The van der Waals surface area contributed by atoms with Crippen LogP contribution in [0.25, 0.3) is 0 Å². The standard InChI is InChI=1S/C12H18N2O3S/c13-18(16,17)12-5-2-10(3-6-12)14-8-9-1-4-11(15)7-9/h2-3,5-6,9,11,14-15H,1,4,7-8H2,(H2,13,16,17).